The van der Waals surface area contributed by atoms with Crippen molar-refractivity contribution in [1.29, 1.82) is 0 Å². The summed E-state index contributed by atoms with van der Waals surface area (Å²) in [5.41, 5.74) is 1.89. The first-order valence-electron chi connectivity index (χ1n) is 7.24. The first kappa shape index (κ1) is 16.1. The second kappa shape index (κ2) is 6.40. The number of benzene rings is 1. The summed E-state index contributed by atoms with van der Waals surface area (Å²) in [5, 5.41) is 4.14. The van der Waals surface area contributed by atoms with Crippen molar-refractivity contribution in [3.63, 3.8) is 0 Å². The van der Waals surface area contributed by atoms with Crippen LogP contribution < -0.4 is 4.80 Å². The third-order valence-electron chi connectivity index (χ3n) is 3.51. The van der Waals surface area contributed by atoms with E-state index in [4.69, 9.17) is 4.74 Å². The van der Waals surface area contributed by atoms with E-state index in [-0.39, 0.29) is 6.54 Å². The van der Waals surface area contributed by atoms with Crippen LogP contribution in [0.1, 0.15) is 16.1 Å². The van der Waals surface area contributed by atoms with Crippen molar-refractivity contribution in [2.45, 2.75) is 13.5 Å². The molecule has 0 N–H and O–H groups in total. The van der Waals surface area contributed by atoms with Gasteiger partial charge in [-0.25, -0.2) is 0 Å². The molecular weight excluding hydrogens is 328 g/mol. The Morgan fingerprint density at radius 3 is 2.75 bits per heavy atom. The lowest BCUT2D eigenvalue weighted by Crippen LogP contribution is -2.22. The largest absolute Gasteiger partial charge is 0.468 e. The van der Waals surface area contributed by atoms with Crippen LogP contribution in [0.5, 0.6) is 0 Å². The van der Waals surface area contributed by atoms with Crippen molar-refractivity contribution in [2.75, 3.05) is 7.11 Å². The minimum Gasteiger partial charge on any atom is -0.468 e. The molecule has 0 saturated heterocycles. The number of nitrogens with zero attached hydrogens (tertiary/aromatic N) is 4. The van der Waals surface area contributed by atoms with Crippen LogP contribution in [0.4, 0.5) is 0 Å². The molecule has 2 aromatic heterocycles. The zero-order chi connectivity index (χ0) is 17.3. The number of rotatable bonds is 3. The van der Waals surface area contributed by atoms with Crippen molar-refractivity contribution < 1.29 is 14.3 Å². The number of amides is 1. The standard InChI is InChI=1S/C16H16N4O3S/c1-10-8-19(2)18-14(10)15(22)17-16-20(9-13(21)23-3)11-6-4-5-7-12(11)24-16/h4-8H,9H2,1-3H3. The van der Waals surface area contributed by atoms with E-state index in [9.17, 15) is 9.59 Å². The number of thiazole rings is 1. The van der Waals surface area contributed by atoms with Crippen LogP contribution in [0, 0.1) is 6.92 Å². The summed E-state index contributed by atoms with van der Waals surface area (Å²) in [5.74, 6) is -0.834. The second-order valence-corrected chi connectivity index (χ2v) is 6.28. The topological polar surface area (TPSA) is 78.5 Å². The van der Waals surface area contributed by atoms with E-state index in [0.717, 1.165) is 15.8 Å². The Morgan fingerprint density at radius 2 is 2.08 bits per heavy atom. The van der Waals surface area contributed by atoms with Gasteiger partial charge in [0.2, 0.25) is 0 Å². The van der Waals surface area contributed by atoms with Crippen LogP contribution in [0.25, 0.3) is 10.2 Å². The Balaban J connectivity index is 2.14. The van der Waals surface area contributed by atoms with Gasteiger partial charge in [0.1, 0.15) is 6.54 Å². The van der Waals surface area contributed by atoms with E-state index in [1.807, 2.05) is 31.2 Å². The van der Waals surface area contributed by atoms with Crippen LogP contribution in [-0.4, -0.2) is 33.3 Å². The molecule has 0 radical (unpaired) electrons. The summed E-state index contributed by atoms with van der Waals surface area (Å²) in [6.07, 6.45) is 1.76. The molecule has 0 unspecified atom stereocenters. The number of hydrogen-bond acceptors (Lipinski definition) is 5. The number of esters is 1. The third-order valence-corrected chi connectivity index (χ3v) is 4.57. The maximum Gasteiger partial charge on any atom is 0.325 e. The SMILES string of the molecule is COC(=O)Cn1c(=NC(=O)c2nn(C)cc2C)sc2ccccc21. The molecule has 1 amide bonds. The Kier molecular flexibility index (Phi) is 4.30. The highest BCUT2D eigenvalue weighted by molar-refractivity contribution is 7.16. The highest BCUT2D eigenvalue weighted by atomic mass is 32.1. The van der Waals surface area contributed by atoms with E-state index < -0.39 is 11.9 Å². The number of ether oxygens (including phenoxy) is 1. The molecule has 0 aliphatic carbocycles. The third kappa shape index (κ3) is 3.00. The van der Waals surface area contributed by atoms with Gasteiger partial charge in [-0.3, -0.25) is 14.3 Å². The Morgan fingerprint density at radius 1 is 1.33 bits per heavy atom. The minimum atomic E-state index is -0.432. The van der Waals surface area contributed by atoms with E-state index in [2.05, 4.69) is 10.1 Å². The number of carbonyl (C=O) groups is 2. The van der Waals surface area contributed by atoms with Gasteiger partial charge in [0.25, 0.3) is 5.91 Å². The van der Waals surface area contributed by atoms with Crippen LogP contribution in [-0.2, 0) is 23.1 Å². The minimum absolute atomic E-state index is 0.00612. The molecule has 124 valence electrons. The van der Waals surface area contributed by atoms with Gasteiger partial charge in [-0.1, -0.05) is 23.5 Å². The molecular formula is C16H16N4O3S. The first-order chi connectivity index (χ1) is 11.5. The maximum atomic E-state index is 12.5. The zero-order valence-corrected chi connectivity index (χ0v) is 14.3. The van der Waals surface area contributed by atoms with E-state index in [1.54, 1.807) is 22.5 Å². The Labute approximate surface area is 141 Å². The highest BCUT2D eigenvalue weighted by Gasteiger charge is 2.15. The average Bonchev–Trinajstić information content (AvgIpc) is 3.07. The van der Waals surface area contributed by atoms with E-state index in [0.29, 0.717) is 10.5 Å². The number of hydrogen-bond donors (Lipinski definition) is 0. The van der Waals surface area contributed by atoms with Crippen molar-refractivity contribution in [3.05, 3.63) is 46.5 Å². The highest BCUT2D eigenvalue weighted by Crippen LogP contribution is 2.17. The van der Waals surface area contributed by atoms with Crippen LogP contribution in [0.3, 0.4) is 0 Å². The number of carbonyl (C=O) groups excluding carboxylic acids is 2. The predicted molar refractivity (Wildman–Crippen MR) is 89.7 cm³/mol. The van der Waals surface area contributed by atoms with Gasteiger partial charge < -0.3 is 9.30 Å². The normalized spacial score (nSPS) is 11.9. The molecule has 0 atom stereocenters. The Bertz CT molecular complexity index is 996. The van der Waals surface area contributed by atoms with Gasteiger partial charge in [-0.05, 0) is 19.1 Å². The van der Waals surface area contributed by atoms with Crippen LogP contribution in [0.2, 0.25) is 0 Å². The summed E-state index contributed by atoms with van der Waals surface area (Å²) in [4.78, 5) is 28.8. The van der Waals surface area contributed by atoms with Gasteiger partial charge in [0.05, 0.1) is 17.3 Å². The lowest BCUT2D eigenvalue weighted by molar-refractivity contribution is -0.141. The van der Waals surface area contributed by atoms with Crippen molar-refractivity contribution in [2.24, 2.45) is 12.0 Å². The van der Waals surface area contributed by atoms with Gasteiger partial charge in [0.15, 0.2) is 10.5 Å². The van der Waals surface area contributed by atoms with Crippen LogP contribution in [0.15, 0.2) is 35.5 Å². The molecule has 0 saturated carbocycles. The van der Waals surface area contributed by atoms with Crippen LogP contribution >= 0.6 is 11.3 Å². The molecule has 2 heterocycles. The number of aryl methyl sites for hydroxylation is 2. The summed E-state index contributed by atoms with van der Waals surface area (Å²) < 4.78 is 8.94. The lowest BCUT2D eigenvalue weighted by atomic mass is 10.3. The number of para-hydroxylation sites is 1. The quantitative estimate of drug-likeness (QED) is 0.677. The second-order valence-electron chi connectivity index (χ2n) is 5.27. The molecule has 0 fully saturated rings. The monoisotopic (exact) mass is 344 g/mol. The molecule has 3 rings (SSSR count). The fraction of sp³-hybridized carbons (Fsp3) is 0.250. The van der Waals surface area contributed by atoms with E-state index >= 15 is 0 Å². The molecule has 1 aromatic carbocycles. The Hall–Kier alpha value is -2.74. The molecule has 0 spiro atoms. The molecule has 0 bridgehead atoms. The van der Waals surface area contributed by atoms with Gasteiger partial charge in [-0.2, -0.15) is 10.1 Å². The smallest absolute Gasteiger partial charge is 0.325 e. The summed E-state index contributed by atoms with van der Waals surface area (Å²) >= 11 is 1.35. The molecule has 24 heavy (non-hydrogen) atoms. The van der Waals surface area contributed by atoms with Gasteiger partial charge >= 0.3 is 5.97 Å². The fourth-order valence-electron chi connectivity index (χ4n) is 2.41. The van der Waals surface area contributed by atoms with Crippen molar-refractivity contribution in [1.82, 2.24) is 14.3 Å². The molecule has 3 aromatic rings. The number of fused-ring (bicyclic) bond motifs is 1. The summed E-state index contributed by atoms with van der Waals surface area (Å²) in [6, 6.07) is 7.57. The van der Waals surface area contributed by atoms with E-state index in [1.165, 1.54) is 18.4 Å². The first-order valence-corrected chi connectivity index (χ1v) is 8.05. The maximum absolute atomic E-state index is 12.5. The van der Waals surface area contributed by atoms with Crippen molar-refractivity contribution in [3.8, 4) is 0 Å². The van der Waals surface area contributed by atoms with Gasteiger partial charge in [-0.15, -0.1) is 0 Å². The predicted octanol–water partition coefficient (Wildman–Crippen LogP) is 1.66. The number of methoxy groups -OCH3 is 1. The van der Waals surface area contributed by atoms with Gasteiger partial charge in [0, 0.05) is 18.8 Å². The zero-order valence-electron chi connectivity index (χ0n) is 13.5. The summed E-state index contributed by atoms with van der Waals surface area (Å²) in [7, 11) is 3.08. The molecule has 8 heteroatoms. The average molecular weight is 344 g/mol. The summed E-state index contributed by atoms with van der Waals surface area (Å²) in [6.45, 7) is 1.80. The lowest BCUT2D eigenvalue weighted by Gasteiger charge is -2.03. The molecule has 0 aliphatic heterocycles. The molecule has 7 nitrogen and oxygen atoms in total. The number of aromatic nitrogens is 3. The van der Waals surface area contributed by atoms with Crippen molar-refractivity contribution >= 4 is 33.4 Å². The fourth-order valence-corrected chi connectivity index (χ4v) is 3.44. The molecule has 0 aliphatic rings.